The van der Waals surface area contributed by atoms with E-state index in [2.05, 4.69) is 4.98 Å². The lowest BCUT2D eigenvalue weighted by Gasteiger charge is -2.12. The van der Waals surface area contributed by atoms with Crippen LogP contribution in [0.2, 0.25) is 0 Å². The van der Waals surface area contributed by atoms with Crippen molar-refractivity contribution >= 4 is 17.3 Å². The molecule has 2 aromatic heterocycles. The van der Waals surface area contributed by atoms with Gasteiger partial charge in [-0.2, -0.15) is 0 Å². The van der Waals surface area contributed by atoms with Crippen molar-refractivity contribution in [2.75, 3.05) is 6.61 Å². The summed E-state index contributed by atoms with van der Waals surface area (Å²) in [6.45, 7) is 3.95. The Kier molecular flexibility index (Phi) is 5.18. The van der Waals surface area contributed by atoms with Crippen LogP contribution in [-0.2, 0) is 16.0 Å². The first-order valence-corrected chi connectivity index (χ1v) is 8.55. The van der Waals surface area contributed by atoms with Crippen LogP contribution in [0, 0.1) is 17.0 Å². The molecule has 0 aliphatic carbocycles. The van der Waals surface area contributed by atoms with Crippen LogP contribution in [0.25, 0.3) is 16.9 Å². The second-order valence-electron chi connectivity index (χ2n) is 6.21. The Morgan fingerprint density at radius 3 is 2.67 bits per heavy atom. The third-order valence-corrected chi connectivity index (χ3v) is 4.23. The van der Waals surface area contributed by atoms with E-state index in [4.69, 9.17) is 10.5 Å². The molecule has 1 unspecified atom stereocenters. The number of benzene rings is 1. The minimum absolute atomic E-state index is 0.00290. The summed E-state index contributed by atoms with van der Waals surface area (Å²) in [4.78, 5) is 27.1. The molecule has 140 valence electrons. The number of carbonyl (C=O) groups is 1. The van der Waals surface area contributed by atoms with Gasteiger partial charge in [-0.25, -0.2) is 4.98 Å². The summed E-state index contributed by atoms with van der Waals surface area (Å²) >= 11 is 0. The summed E-state index contributed by atoms with van der Waals surface area (Å²) in [6, 6.07) is 9.18. The Balaban J connectivity index is 2.08. The number of carbonyl (C=O) groups excluding carboxylic acids is 1. The van der Waals surface area contributed by atoms with Crippen LogP contribution in [0.5, 0.6) is 0 Å². The number of imidazole rings is 1. The lowest BCUT2D eigenvalue weighted by atomic mass is 10.1. The number of esters is 1. The minimum Gasteiger partial charge on any atom is -0.465 e. The zero-order valence-electron chi connectivity index (χ0n) is 15.1. The van der Waals surface area contributed by atoms with Crippen LogP contribution in [0.15, 0.2) is 42.6 Å². The summed E-state index contributed by atoms with van der Waals surface area (Å²) < 4.78 is 6.88. The maximum Gasteiger partial charge on any atom is 0.323 e. The Morgan fingerprint density at radius 2 is 2.04 bits per heavy atom. The second kappa shape index (κ2) is 7.55. The number of nitro benzene ring substituents is 1. The van der Waals surface area contributed by atoms with Gasteiger partial charge in [0, 0.05) is 30.3 Å². The first kappa shape index (κ1) is 18.5. The number of nitro groups is 1. The van der Waals surface area contributed by atoms with Crippen LogP contribution in [-0.4, -0.2) is 32.9 Å². The van der Waals surface area contributed by atoms with Crippen LogP contribution < -0.4 is 5.73 Å². The van der Waals surface area contributed by atoms with Gasteiger partial charge < -0.3 is 14.9 Å². The first-order valence-electron chi connectivity index (χ1n) is 8.55. The van der Waals surface area contributed by atoms with E-state index in [1.807, 2.05) is 29.7 Å². The molecule has 1 aromatic carbocycles. The van der Waals surface area contributed by atoms with Gasteiger partial charge in [-0.15, -0.1) is 0 Å². The van der Waals surface area contributed by atoms with E-state index in [1.54, 1.807) is 19.1 Å². The topological polar surface area (TPSA) is 113 Å². The summed E-state index contributed by atoms with van der Waals surface area (Å²) in [5.74, 6) is -0.478. The van der Waals surface area contributed by atoms with E-state index >= 15 is 0 Å². The highest BCUT2D eigenvalue weighted by Gasteiger charge is 2.22. The van der Waals surface area contributed by atoms with Crippen molar-refractivity contribution in [3.05, 3.63) is 64.0 Å². The molecule has 0 radical (unpaired) electrons. The van der Waals surface area contributed by atoms with Crippen LogP contribution >= 0.6 is 0 Å². The van der Waals surface area contributed by atoms with Gasteiger partial charge in [-0.3, -0.25) is 14.9 Å². The van der Waals surface area contributed by atoms with E-state index in [-0.39, 0.29) is 18.7 Å². The van der Waals surface area contributed by atoms with E-state index in [0.717, 1.165) is 16.9 Å². The molecule has 3 rings (SSSR count). The number of ether oxygens (including phenoxy) is 1. The Labute approximate surface area is 155 Å². The second-order valence-corrected chi connectivity index (χ2v) is 6.21. The Bertz CT molecular complexity index is 995. The van der Waals surface area contributed by atoms with E-state index in [1.165, 1.54) is 12.1 Å². The number of hydrogen-bond donors (Lipinski definition) is 1. The molecule has 0 aliphatic rings. The van der Waals surface area contributed by atoms with Gasteiger partial charge in [-0.1, -0.05) is 0 Å². The summed E-state index contributed by atoms with van der Waals surface area (Å²) in [6.07, 6.45) is 2.11. The number of hydrogen-bond acceptors (Lipinski definition) is 6. The van der Waals surface area contributed by atoms with Gasteiger partial charge in [-0.05, 0) is 43.7 Å². The van der Waals surface area contributed by atoms with Gasteiger partial charge >= 0.3 is 5.97 Å². The number of fused-ring (bicyclic) bond motifs is 1. The van der Waals surface area contributed by atoms with Gasteiger partial charge in [0.15, 0.2) is 0 Å². The largest absolute Gasteiger partial charge is 0.465 e. The highest BCUT2D eigenvalue weighted by atomic mass is 16.6. The van der Waals surface area contributed by atoms with Crippen molar-refractivity contribution in [2.45, 2.75) is 26.3 Å². The average molecular weight is 368 g/mol. The molecule has 1 atom stereocenters. The number of nitrogens with zero attached hydrogens (tertiary/aromatic N) is 3. The molecular weight excluding hydrogens is 348 g/mol. The zero-order valence-corrected chi connectivity index (χ0v) is 15.1. The monoisotopic (exact) mass is 368 g/mol. The summed E-state index contributed by atoms with van der Waals surface area (Å²) in [5, 5.41) is 10.9. The number of aryl methyl sites for hydroxylation is 1. The number of rotatable bonds is 6. The lowest BCUT2D eigenvalue weighted by Crippen LogP contribution is -2.34. The molecule has 8 nitrogen and oxygen atoms in total. The zero-order chi connectivity index (χ0) is 19.6. The molecule has 0 fully saturated rings. The van der Waals surface area contributed by atoms with E-state index in [0.29, 0.717) is 11.3 Å². The SMILES string of the molecule is CCOC(=O)C(N)Cc1c(-c2ccc([N+](=O)[O-])cc2)nc2cc(C)ccn12. The molecule has 0 spiro atoms. The number of nitrogens with two attached hydrogens (primary N) is 1. The standard InChI is InChI=1S/C19H20N4O4/c1-3-27-19(24)15(20)11-16-18(13-4-6-14(7-5-13)23(25)26)21-17-10-12(2)8-9-22(16)17/h4-10,15H,3,11,20H2,1-2H3. The predicted molar refractivity (Wildman–Crippen MR) is 100 cm³/mol. The highest BCUT2D eigenvalue weighted by molar-refractivity contribution is 5.77. The lowest BCUT2D eigenvalue weighted by molar-refractivity contribution is -0.384. The number of aromatic nitrogens is 2. The van der Waals surface area contributed by atoms with Gasteiger partial charge in [0.1, 0.15) is 11.7 Å². The fraction of sp³-hybridized carbons (Fsp3) is 0.263. The Morgan fingerprint density at radius 1 is 1.33 bits per heavy atom. The molecule has 0 saturated carbocycles. The van der Waals surface area contributed by atoms with E-state index in [9.17, 15) is 14.9 Å². The van der Waals surface area contributed by atoms with E-state index < -0.39 is 16.9 Å². The number of pyridine rings is 1. The summed E-state index contributed by atoms with van der Waals surface area (Å²) in [5.41, 5.74) is 9.89. The van der Waals surface area contributed by atoms with Crippen LogP contribution in [0.4, 0.5) is 5.69 Å². The van der Waals surface area contributed by atoms with Crippen molar-refractivity contribution in [1.82, 2.24) is 9.38 Å². The quantitative estimate of drug-likeness (QED) is 0.406. The van der Waals surface area contributed by atoms with Gasteiger partial charge in [0.2, 0.25) is 0 Å². The normalized spacial score (nSPS) is 12.1. The highest BCUT2D eigenvalue weighted by Crippen LogP contribution is 2.27. The van der Waals surface area contributed by atoms with Crippen molar-refractivity contribution in [3.63, 3.8) is 0 Å². The Hall–Kier alpha value is -3.26. The molecule has 2 N–H and O–H groups in total. The third kappa shape index (κ3) is 3.80. The molecule has 0 saturated heterocycles. The van der Waals surface area contributed by atoms with Crippen LogP contribution in [0.3, 0.4) is 0 Å². The molecule has 8 heteroatoms. The maximum atomic E-state index is 12.0. The average Bonchev–Trinajstić information content (AvgIpc) is 2.99. The van der Waals surface area contributed by atoms with Crippen molar-refractivity contribution in [2.24, 2.45) is 5.73 Å². The third-order valence-electron chi connectivity index (χ3n) is 4.23. The molecular formula is C19H20N4O4. The fourth-order valence-electron chi connectivity index (χ4n) is 2.91. The van der Waals surface area contributed by atoms with Crippen molar-refractivity contribution in [1.29, 1.82) is 0 Å². The molecule has 27 heavy (non-hydrogen) atoms. The fourth-order valence-corrected chi connectivity index (χ4v) is 2.91. The molecule has 0 amide bonds. The molecule has 0 aliphatic heterocycles. The molecule has 0 bridgehead atoms. The number of non-ortho nitro benzene ring substituents is 1. The summed E-state index contributed by atoms with van der Waals surface area (Å²) in [7, 11) is 0. The minimum atomic E-state index is -0.831. The van der Waals surface area contributed by atoms with Crippen molar-refractivity contribution < 1.29 is 14.5 Å². The molecule has 2 heterocycles. The van der Waals surface area contributed by atoms with Gasteiger partial charge in [0.25, 0.3) is 5.69 Å². The van der Waals surface area contributed by atoms with Gasteiger partial charge in [0.05, 0.1) is 22.9 Å². The van der Waals surface area contributed by atoms with Crippen LogP contribution in [0.1, 0.15) is 18.2 Å². The smallest absolute Gasteiger partial charge is 0.323 e. The van der Waals surface area contributed by atoms with Crippen molar-refractivity contribution in [3.8, 4) is 11.3 Å². The first-order chi connectivity index (χ1) is 12.9. The predicted octanol–water partition coefficient (Wildman–Crippen LogP) is 2.65. The maximum absolute atomic E-state index is 12.0. The molecule has 3 aromatic rings.